The SMILES string of the molecule is O=C(CN1C(=O)S/C(=C/c2c3ccccc3nc3ccccc23)C1=O)c1ccc(Cl)cc1. The molecule has 0 spiro atoms. The molecule has 32 heavy (non-hydrogen) atoms. The predicted molar refractivity (Wildman–Crippen MR) is 128 cm³/mol. The van der Waals surface area contributed by atoms with Crippen molar-refractivity contribution in [3.63, 3.8) is 0 Å². The number of thioether (sulfide) groups is 1. The van der Waals surface area contributed by atoms with E-state index in [4.69, 9.17) is 11.6 Å². The number of Topliss-reactive ketones (excluding diaryl/α,β-unsaturated/α-hetero) is 1. The van der Waals surface area contributed by atoms with E-state index in [-0.39, 0.29) is 17.2 Å². The van der Waals surface area contributed by atoms with Crippen molar-refractivity contribution in [1.82, 2.24) is 9.88 Å². The van der Waals surface area contributed by atoms with Gasteiger partial charge in [0.15, 0.2) is 5.78 Å². The highest BCUT2D eigenvalue weighted by atomic mass is 35.5. The van der Waals surface area contributed by atoms with E-state index in [1.54, 1.807) is 30.3 Å². The minimum absolute atomic E-state index is 0.278. The molecule has 1 fully saturated rings. The number of hydrogen-bond donors (Lipinski definition) is 0. The van der Waals surface area contributed by atoms with E-state index in [2.05, 4.69) is 4.98 Å². The van der Waals surface area contributed by atoms with Crippen LogP contribution in [-0.2, 0) is 4.79 Å². The largest absolute Gasteiger partial charge is 0.293 e. The predicted octanol–water partition coefficient (Wildman–Crippen LogP) is 5.96. The van der Waals surface area contributed by atoms with Crippen LogP contribution in [0.1, 0.15) is 15.9 Å². The number of fused-ring (bicyclic) bond motifs is 2. The lowest BCUT2D eigenvalue weighted by Gasteiger charge is -2.11. The Kier molecular flexibility index (Phi) is 5.25. The van der Waals surface area contributed by atoms with E-state index in [1.807, 2.05) is 48.5 Å². The van der Waals surface area contributed by atoms with Crippen molar-refractivity contribution >= 4 is 68.2 Å². The van der Waals surface area contributed by atoms with Gasteiger partial charge in [-0.2, -0.15) is 0 Å². The number of pyridine rings is 1. The molecule has 1 aliphatic heterocycles. The molecule has 1 saturated heterocycles. The average Bonchev–Trinajstić information content (AvgIpc) is 3.06. The molecule has 2 amide bonds. The molecule has 5 rings (SSSR count). The second-order valence-electron chi connectivity index (χ2n) is 7.26. The first-order valence-corrected chi connectivity index (χ1v) is 11.0. The Morgan fingerprint density at radius 3 is 2.12 bits per heavy atom. The second-order valence-corrected chi connectivity index (χ2v) is 8.69. The maximum atomic E-state index is 13.0. The molecule has 0 radical (unpaired) electrons. The Bertz CT molecular complexity index is 1390. The van der Waals surface area contributed by atoms with E-state index < -0.39 is 11.1 Å². The number of benzene rings is 3. The summed E-state index contributed by atoms with van der Waals surface area (Å²) in [5, 5.41) is 1.81. The molecular formula is C25H15ClN2O3S. The van der Waals surface area contributed by atoms with Crippen LogP contribution in [-0.4, -0.2) is 33.4 Å². The molecule has 156 valence electrons. The number of nitrogens with zero attached hydrogens (tertiary/aromatic N) is 2. The topological polar surface area (TPSA) is 67.3 Å². The number of ketones is 1. The number of amides is 2. The molecule has 0 bridgehead atoms. The van der Waals surface area contributed by atoms with Gasteiger partial charge < -0.3 is 0 Å². The zero-order valence-corrected chi connectivity index (χ0v) is 18.2. The number of imide groups is 1. The van der Waals surface area contributed by atoms with E-state index in [9.17, 15) is 14.4 Å². The van der Waals surface area contributed by atoms with Crippen molar-refractivity contribution in [1.29, 1.82) is 0 Å². The van der Waals surface area contributed by atoms with Gasteiger partial charge in [0.05, 0.1) is 22.5 Å². The highest BCUT2D eigenvalue weighted by Crippen LogP contribution is 2.35. The standard InChI is InChI=1S/C25H15ClN2O3S/c26-16-11-9-15(10-12-16)22(29)14-28-24(30)23(32-25(28)31)13-19-17-5-1-3-7-20(17)27-21-8-4-2-6-18(19)21/h1-13H,14H2/b23-13+. The van der Waals surface area contributed by atoms with Crippen LogP contribution in [0.25, 0.3) is 27.9 Å². The minimum Gasteiger partial charge on any atom is -0.292 e. The van der Waals surface area contributed by atoms with Gasteiger partial charge in [0.2, 0.25) is 0 Å². The Morgan fingerprint density at radius 2 is 1.50 bits per heavy atom. The zero-order valence-electron chi connectivity index (χ0n) is 16.6. The highest BCUT2D eigenvalue weighted by molar-refractivity contribution is 8.18. The lowest BCUT2D eigenvalue weighted by atomic mass is 10.0. The quantitative estimate of drug-likeness (QED) is 0.214. The molecule has 0 unspecified atom stereocenters. The molecule has 0 saturated carbocycles. The summed E-state index contributed by atoms with van der Waals surface area (Å²) < 4.78 is 0. The van der Waals surface area contributed by atoms with Crippen molar-refractivity contribution in [3.8, 4) is 0 Å². The lowest BCUT2D eigenvalue weighted by Crippen LogP contribution is -2.33. The monoisotopic (exact) mass is 458 g/mol. The van der Waals surface area contributed by atoms with Gasteiger partial charge in [0, 0.05) is 21.4 Å². The number of halogens is 1. The van der Waals surface area contributed by atoms with E-state index in [0.717, 1.165) is 44.0 Å². The number of rotatable bonds is 4. The van der Waals surface area contributed by atoms with Crippen LogP contribution in [0.3, 0.4) is 0 Å². The fourth-order valence-corrected chi connectivity index (χ4v) is 4.61. The smallest absolute Gasteiger partial charge is 0.292 e. The zero-order chi connectivity index (χ0) is 22.2. The molecule has 2 heterocycles. The average molecular weight is 459 g/mol. The van der Waals surface area contributed by atoms with Crippen molar-refractivity contribution in [3.05, 3.63) is 93.9 Å². The highest BCUT2D eigenvalue weighted by Gasteiger charge is 2.36. The number of carbonyl (C=O) groups excluding carboxylic acids is 3. The van der Waals surface area contributed by atoms with E-state index in [0.29, 0.717) is 10.6 Å². The van der Waals surface area contributed by atoms with Crippen molar-refractivity contribution in [2.75, 3.05) is 6.54 Å². The fourth-order valence-electron chi connectivity index (χ4n) is 3.67. The molecule has 0 N–H and O–H groups in total. The summed E-state index contributed by atoms with van der Waals surface area (Å²) in [6.45, 7) is -0.318. The summed E-state index contributed by atoms with van der Waals surface area (Å²) in [6, 6.07) is 21.7. The third kappa shape index (κ3) is 3.68. The van der Waals surface area contributed by atoms with Crippen LogP contribution in [0.15, 0.2) is 77.7 Å². The number of para-hydroxylation sites is 2. The van der Waals surface area contributed by atoms with E-state index >= 15 is 0 Å². The first-order valence-electron chi connectivity index (χ1n) is 9.83. The third-order valence-corrected chi connectivity index (χ3v) is 6.41. The summed E-state index contributed by atoms with van der Waals surface area (Å²) in [4.78, 5) is 44.2. The first-order chi connectivity index (χ1) is 15.5. The van der Waals surface area contributed by atoms with Gasteiger partial charge in [-0.15, -0.1) is 0 Å². The van der Waals surface area contributed by atoms with Crippen molar-refractivity contribution in [2.24, 2.45) is 0 Å². The van der Waals surface area contributed by atoms with Gasteiger partial charge in [-0.1, -0.05) is 48.0 Å². The fraction of sp³-hybridized carbons (Fsp3) is 0.0400. The van der Waals surface area contributed by atoms with Crippen LogP contribution in [0.4, 0.5) is 4.79 Å². The van der Waals surface area contributed by atoms with Gasteiger partial charge in [0.25, 0.3) is 11.1 Å². The van der Waals surface area contributed by atoms with Crippen LogP contribution >= 0.6 is 23.4 Å². The van der Waals surface area contributed by atoms with Gasteiger partial charge in [-0.05, 0) is 59.8 Å². The van der Waals surface area contributed by atoms with Gasteiger partial charge in [-0.25, -0.2) is 4.98 Å². The van der Waals surface area contributed by atoms with Gasteiger partial charge >= 0.3 is 0 Å². The molecule has 4 aromatic rings. The maximum Gasteiger partial charge on any atom is 0.293 e. The number of hydrogen-bond acceptors (Lipinski definition) is 5. The Morgan fingerprint density at radius 1 is 0.906 bits per heavy atom. The van der Waals surface area contributed by atoms with Crippen LogP contribution in [0.5, 0.6) is 0 Å². The summed E-state index contributed by atoms with van der Waals surface area (Å²) in [5.74, 6) is -0.808. The van der Waals surface area contributed by atoms with Crippen LogP contribution < -0.4 is 0 Å². The summed E-state index contributed by atoms with van der Waals surface area (Å²) in [7, 11) is 0. The van der Waals surface area contributed by atoms with E-state index in [1.165, 1.54) is 0 Å². The molecule has 1 aliphatic rings. The Labute approximate surface area is 192 Å². The van der Waals surface area contributed by atoms with Crippen molar-refractivity contribution < 1.29 is 14.4 Å². The van der Waals surface area contributed by atoms with Gasteiger partial charge in [-0.3, -0.25) is 19.3 Å². The number of carbonyl (C=O) groups is 3. The summed E-state index contributed by atoms with van der Waals surface area (Å²) >= 11 is 6.71. The normalized spacial score (nSPS) is 15.3. The maximum absolute atomic E-state index is 13.0. The first kappa shape index (κ1) is 20.4. The molecule has 1 aromatic heterocycles. The lowest BCUT2D eigenvalue weighted by molar-refractivity contribution is -0.122. The molecule has 7 heteroatoms. The molecule has 0 atom stereocenters. The van der Waals surface area contributed by atoms with Crippen LogP contribution in [0.2, 0.25) is 5.02 Å². The van der Waals surface area contributed by atoms with Crippen LogP contribution in [0, 0.1) is 0 Å². The molecule has 3 aromatic carbocycles. The van der Waals surface area contributed by atoms with Crippen molar-refractivity contribution in [2.45, 2.75) is 0 Å². The third-order valence-electron chi connectivity index (χ3n) is 5.25. The summed E-state index contributed by atoms with van der Waals surface area (Å²) in [6.07, 6.45) is 1.73. The Balaban J connectivity index is 1.52. The Hall–Kier alpha value is -3.48. The molecule has 5 nitrogen and oxygen atoms in total. The molecule has 0 aliphatic carbocycles. The second kappa shape index (κ2) is 8.22. The summed E-state index contributed by atoms with van der Waals surface area (Å²) in [5.41, 5.74) is 2.81. The minimum atomic E-state index is -0.479. The number of aromatic nitrogens is 1. The molecular weight excluding hydrogens is 444 g/mol. The van der Waals surface area contributed by atoms with Gasteiger partial charge in [0.1, 0.15) is 0 Å².